The second-order valence-corrected chi connectivity index (χ2v) is 6.20. The molecular formula is C19H21ClN4O3. The minimum atomic E-state index is -0.432. The van der Waals surface area contributed by atoms with Crippen LogP contribution >= 0.6 is 11.6 Å². The lowest BCUT2D eigenvalue weighted by molar-refractivity contribution is 0.0517. The number of rotatable bonds is 7. The fourth-order valence-corrected chi connectivity index (χ4v) is 2.92. The van der Waals surface area contributed by atoms with Crippen molar-refractivity contribution in [1.29, 1.82) is 0 Å². The number of ether oxygens (including phenoxy) is 2. The summed E-state index contributed by atoms with van der Waals surface area (Å²) >= 11 is 6.38. The quantitative estimate of drug-likeness (QED) is 0.621. The molecule has 142 valence electrons. The van der Waals surface area contributed by atoms with Gasteiger partial charge in [-0.25, -0.2) is 9.78 Å². The van der Waals surface area contributed by atoms with Crippen LogP contribution in [0.3, 0.4) is 0 Å². The van der Waals surface area contributed by atoms with Crippen molar-refractivity contribution in [2.24, 2.45) is 0 Å². The van der Waals surface area contributed by atoms with Gasteiger partial charge < -0.3 is 14.8 Å². The molecule has 27 heavy (non-hydrogen) atoms. The zero-order valence-electron chi connectivity index (χ0n) is 15.5. The van der Waals surface area contributed by atoms with Gasteiger partial charge in [-0.3, -0.25) is 4.40 Å². The summed E-state index contributed by atoms with van der Waals surface area (Å²) in [4.78, 5) is 21.2. The average molecular weight is 389 g/mol. The zero-order chi connectivity index (χ0) is 19.4. The molecule has 0 unspecified atom stereocenters. The number of carbonyl (C=O) groups is 1. The van der Waals surface area contributed by atoms with E-state index < -0.39 is 5.97 Å². The largest absolute Gasteiger partial charge is 0.497 e. The summed E-state index contributed by atoms with van der Waals surface area (Å²) in [5.41, 5.74) is 2.05. The lowest BCUT2D eigenvalue weighted by Gasteiger charge is -2.09. The first kappa shape index (κ1) is 19.0. The SMILES string of the molecule is CCOC(=O)c1c(CC)nc2nc(NCc3ccc(OC)cc3)c(Cl)cn12. The van der Waals surface area contributed by atoms with Crippen LogP contribution in [0.2, 0.25) is 5.02 Å². The molecule has 0 radical (unpaired) electrons. The molecule has 1 N–H and O–H groups in total. The van der Waals surface area contributed by atoms with Crippen LogP contribution in [0.4, 0.5) is 5.82 Å². The Kier molecular flexibility index (Phi) is 5.81. The molecule has 0 aliphatic rings. The van der Waals surface area contributed by atoms with Gasteiger partial charge in [0.25, 0.3) is 0 Å². The van der Waals surface area contributed by atoms with Crippen LogP contribution in [0.5, 0.6) is 5.75 Å². The Hall–Kier alpha value is -2.80. The number of nitrogens with zero attached hydrogens (tertiary/aromatic N) is 3. The molecule has 0 bridgehead atoms. The lowest BCUT2D eigenvalue weighted by Crippen LogP contribution is -2.11. The van der Waals surface area contributed by atoms with Crippen molar-refractivity contribution in [3.63, 3.8) is 0 Å². The Morgan fingerprint density at radius 3 is 2.59 bits per heavy atom. The van der Waals surface area contributed by atoms with Crippen molar-refractivity contribution >= 4 is 29.2 Å². The Labute approximate surface area is 162 Å². The molecule has 2 heterocycles. The molecule has 2 aromatic heterocycles. The van der Waals surface area contributed by atoms with Crippen molar-refractivity contribution in [2.45, 2.75) is 26.8 Å². The molecule has 0 aliphatic heterocycles. The highest BCUT2D eigenvalue weighted by molar-refractivity contribution is 6.32. The number of benzene rings is 1. The van der Waals surface area contributed by atoms with E-state index in [9.17, 15) is 4.79 Å². The number of fused-ring (bicyclic) bond motifs is 1. The smallest absolute Gasteiger partial charge is 0.357 e. The van der Waals surface area contributed by atoms with E-state index in [1.54, 1.807) is 24.6 Å². The summed E-state index contributed by atoms with van der Waals surface area (Å²) in [6.45, 7) is 4.52. The van der Waals surface area contributed by atoms with Gasteiger partial charge >= 0.3 is 5.97 Å². The normalized spacial score (nSPS) is 10.8. The zero-order valence-corrected chi connectivity index (χ0v) is 16.2. The standard InChI is InChI=1S/C19H21ClN4O3/c1-4-15-16(18(25)27-5-2)24-11-14(20)17(23-19(24)22-15)21-10-12-6-8-13(26-3)9-7-12/h6-9,11H,4-5,10H2,1-3H3,(H,21,22,23). The first-order valence-electron chi connectivity index (χ1n) is 8.68. The Bertz CT molecular complexity index is 954. The number of nitrogens with one attached hydrogen (secondary N) is 1. The molecule has 8 heteroatoms. The molecule has 0 saturated heterocycles. The van der Waals surface area contributed by atoms with Gasteiger partial charge in [-0.2, -0.15) is 4.98 Å². The van der Waals surface area contributed by atoms with E-state index in [0.717, 1.165) is 11.3 Å². The number of aryl methyl sites for hydroxylation is 1. The molecule has 3 rings (SSSR count). The Balaban J connectivity index is 1.88. The van der Waals surface area contributed by atoms with Crippen LogP contribution in [-0.4, -0.2) is 34.1 Å². The number of imidazole rings is 1. The molecular weight excluding hydrogens is 368 g/mol. The van der Waals surface area contributed by atoms with E-state index in [4.69, 9.17) is 21.1 Å². The number of halogens is 1. The molecule has 0 saturated carbocycles. The predicted molar refractivity (Wildman–Crippen MR) is 104 cm³/mol. The maximum absolute atomic E-state index is 12.3. The van der Waals surface area contributed by atoms with Gasteiger partial charge in [-0.1, -0.05) is 30.7 Å². The third kappa shape index (κ3) is 3.98. The van der Waals surface area contributed by atoms with Crippen LogP contribution < -0.4 is 10.1 Å². The van der Waals surface area contributed by atoms with E-state index in [1.165, 1.54) is 0 Å². The molecule has 7 nitrogen and oxygen atoms in total. The van der Waals surface area contributed by atoms with Gasteiger partial charge in [0.15, 0.2) is 11.5 Å². The van der Waals surface area contributed by atoms with E-state index in [2.05, 4.69) is 15.3 Å². The number of aromatic nitrogens is 3. The van der Waals surface area contributed by atoms with Crippen molar-refractivity contribution in [3.05, 3.63) is 52.4 Å². The van der Waals surface area contributed by atoms with Gasteiger partial charge in [0.05, 0.1) is 24.4 Å². The summed E-state index contributed by atoms with van der Waals surface area (Å²) in [7, 11) is 1.63. The van der Waals surface area contributed by atoms with Crippen molar-refractivity contribution in [2.75, 3.05) is 19.0 Å². The molecule has 0 amide bonds. The highest BCUT2D eigenvalue weighted by Crippen LogP contribution is 2.24. The monoisotopic (exact) mass is 388 g/mol. The molecule has 3 aromatic rings. The number of methoxy groups -OCH3 is 1. The summed E-state index contributed by atoms with van der Waals surface area (Å²) in [5.74, 6) is 1.27. The van der Waals surface area contributed by atoms with Gasteiger partial charge in [-0.15, -0.1) is 0 Å². The first-order chi connectivity index (χ1) is 13.1. The number of hydrogen-bond donors (Lipinski definition) is 1. The third-order valence-corrected chi connectivity index (χ3v) is 4.34. The Morgan fingerprint density at radius 2 is 1.96 bits per heavy atom. The molecule has 0 fully saturated rings. The van der Waals surface area contributed by atoms with Crippen LogP contribution in [0.1, 0.15) is 35.6 Å². The highest BCUT2D eigenvalue weighted by Gasteiger charge is 2.21. The second kappa shape index (κ2) is 8.26. The molecule has 0 aliphatic carbocycles. The van der Waals surface area contributed by atoms with Crippen LogP contribution in [0, 0.1) is 0 Å². The van der Waals surface area contributed by atoms with Crippen LogP contribution in [0.15, 0.2) is 30.5 Å². The van der Waals surface area contributed by atoms with Crippen LogP contribution in [0.25, 0.3) is 5.78 Å². The number of esters is 1. The number of anilines is 1. The highest BCUT2D eigenvalue weighted by atomic mass is 35.5. The fraction of sp³-hybridized carbons (Fsp3) is 0.316. The summed E-state index contributed by atoms with van der Waals surface area (Å²) in [6.07, 6.45) is 2.22. The van der Waals surface area contributed by atoms with Crippen molar-refractivity contribution in [1.82, 2.24) is 14.4 Å². The number of hydrogen-bond acceptors (Lipinski definition) is 6. The maximum Gasteiger partial charge on any atom is 0.357 e. The topological polar surface area (TPSA) is 77.8 Å². The predicted octanol–water partition coefficient (Wildman–Crippen LogP) is 3.74. The van der Waals surface area contributed by atoms with Crippen molar-refractivity contribution < 1.29 is 14.3 Å². The number of carbonyl (C=O) groups excluding carboxylic acids is 1. The minimum Gasteiger partial charge on any atom is -0.497 e. The van der Waals surface area contributed by atoms with E-state index in [-0.39, 0.29) is 6.61 Å². The second-order valence-electron chi connectivity index (χ2n) is 5.79. The third-order valence-electron chi connectivity index (χ3n) is 4.07. The first-order valence-corrected chi connectivity index (χ1v) is 9.06. The average Bonchev–Trinajstić information content (AvgIpc) is 3.04. The molecule has 1 aromatic carbocycles. The summed E-state index contributed by atoms with van der Waals surface area (Å²) in [5, 5.41) is 3.60. The van der Waals surface area contributed by atoms with Gasteiger partial charge in [0, 0.05) is 12.7 Å². The fourth-order valence-electron chi connectivity index (χ4n) is 2.71. The van der Waals surface area contributed by atoms with Gasteiger partial charge in [0.2, 0.25) is 5.78 Å². The van der Waals surface area contributed by atoms with Gasteiger partial charge in [0.1, 0.15) is 5.75 Å². The molecule has 0 atom stereocenters. The van der Waals surface area contributed by atoms with E-state index >= 15 is 0 Å². The Morgan fingerprint density at radius 1 is 1.22 bits per heavy atom. The van der Waals surface area contributed by atoms with Gasteiger partial charge in [-0.05, 0) is 31.0 Å². The summed E-state index contributed by atoms with van der Waals surface area (Å²) < 4.78 is 11.9. The maximum atomic E-state index is 12.3. The van der Waals surface area contributed by atoms with E-state index in [1.807, 2.05) is 31.2 Å². The summed E-state index contributed by atoms with van der Waals surface area (Å²) in [6, 6.07) is 7.70. The lowest BCUT2D eigenvalue weighted by atomic mass is 10.2. The van der Waals surface area contributed by atoms with E-state index in [0.29, 0.717) is 41.0 Å². The minimum absolute atomic E-state index is 0.290. The van der Waals surface area contributed by atoms with Crippen molar-refractivity contribution in [3.8, 4) is 5.75 Å². The van der Waals surface area contributed by atoms with Crippen LogP contribution in [-0.2, 0) is 17.7 Å². The molecule has 0 spiro atoms.